The maximum atomic E-state index is 11.0. The molecule has 1 aliphatic rings. The summed E-state index contributed by atoms with van der Waals surface area (Å²) in [6, 6.07) is 4.00. The van der Waals surface area contributed by atoms with Gasteiger partial charge in [0.05, 0.1) is 23.3 Å². The number of ether oxygens (including phenoxy) is 1. The fraction of sp³-hybridized carbons (Fsp3) is 0.462. The molecule has 2 N–H and O–H groups in total. The van der Waals surface area contributed by atoms with Crippen LogP contribution in [0.5, 0.6) is 0 Å². The standard InChI is InChI=1S/C13H16N4O2S2/c14-11(18)8-21-13-16-15-12(10-4-2-6-20-10)17(13)7-9-3-1-5-19-9/h2,4,6,9H,1,3,5,7-8H2,(H2,14,18)/t9-/m1/s1. The molecule has 3 heterocycles. The van der Waals surface area contributed by atoms with Crippen LogP contribution in [0.25, 0.3) is 10.7 Å². The van der Waals surface area contributed by atoms with E-state index in [1.807, 2.05) is 22.1 Å². The Morgan fingerprint density at radius 3 is 3.14 bits per heavy atom. The summed E-state index contributed by atoms with van der Waals surface area (Å²) in [5, 5.41) is 11.2. The smallest absolute Gasteiger partial charge is 0.227 e. The highest BCUT2D eigenvalue weighted by atomic mass is 32.2. The average molecular weight is 324 g/mol. The van der Waals surface area contributed by atoms with Crippen LogP contribution in [0.4, 0.5) is 0 Å². The first kappa shape index (κ1) is 14.6. The minimum atomic E-state index is -0.357. The van der Waals surface area contributed by atoms with Crippen molar-refractivity contribution in [1.82, 2.24) is 14.8 Å². The zero-order valence-corrected chi connectivity index (χ0v) is 13.0. The molecule has 0 spiro atoms. The molecule has 6 nitrogen and oxygen atoms in total. The van der Waals surface area contributed by atoms with Crippen molar-refractivity contribution in [1.29, 1.82) is 0 Å². The maximum absolute atomic E-state index is 11.0. The van der Waals surface area contributed by atoms with Gasteiger partial charge in [0, 0.05) is 6.61 Å². The molecule has 1 atom stereocenters. The molecule has 1 aliphatic heterocycles. The van der Waals surface area contributed by atoms with Crippen molar-refractivity contribution in [3.8, 4) is 10.7 Å². The van der Waals surface area contributed by atoms with E-state index in [9.17, 15) is 4.79 Å². The second-order valence-electron chi connectivity index (χ2n) is 4.78. The number of primary amides is 1. The number of carbonyl (C=O) groups excluding carboxylic acids is 1. The second kappa shape index (κ2) is 6.59. The third-order valence-electron chi connectivity index (χ3n) is 3.21. The van der Waals surface area contributed by atoms with E-state index >= 15 is 0 Å². The summed E-state index contributed by atoms with van der Waals surface area (Å²) in [5.41, 5.74) is 5.22. The van der Waals surface area contributed by atoms with Crippen LogP contribution in [-0.4, -0.2) is 39.1 Å². The Morgan fingerprint density at radius 1 is 1.57 bits per heavy atom. The van der Waals surface area contributed by atoms with Gasteiger partial charge < -0.3 is 10.5 Å². The lowest BCUT2D eigenvalue weighted by Crippen LogP contribution is -2.18. The van der Waals surface area contributed by atoms with Crippen LogP contribution >= 0.6 is 23.1 Å². The molecule has 0 bridgehead atoms. The van der Waals surface area contributed by atoms with Crippen LogP contribution in [0.3, 0.4) is 0 Å². The summed E-state index contributed by atoms with van der Waals surface area (Å²) in [6.45, 7) is 1.52. The molecule has 1 fully saturated rings. The number of hydrogen-bond donors (Lipinski definition) is 1. The first-order chi connectivity index (χ1) is 10.2. The first-order valence-corrected chi connectivity index (χ1v) is 8.60. The molecule has 0 aliphatic carbocycles. The highest BCUT2D eigenvalue weighted by Crippen LogP contribution is 2.28. The Kier molecular flexibility index (Phi) is 4.57. The van der Waals surface area contributed by atoms with Gasteiger partial charge in [0.15, 0.2) is 11.0 Å². The van der Waals surface area contributed by atoms with Crippen molar-refractivity contribution in [2.75, 3.05) is 12.4 Å². The molecule has 8 heteroatoms. The van der Waals surface area contributed by atoms with Crippen LogP contribution in [0.1, 0.15) is 12.8 Å². The minimum absolute atomic E-state index is 0.188. The van der Waals surface area contributed by atoms with Gasteiger partial charge in [0.25, 0.3) is 0 Å². The molecule has 1 amide bonds. The number of thioether (sulfide) groups is 1. The van der Waals surface area contributed by atoms with E-state index in [4.69, 9.17) is 10.5 Å². The Morgan fingerprint density at radius 2 is 2.48 bits per heavy atom. The highest BCUT2D eigenvalue weighted by molar-refractivity contribution is 7.99. The van der Waals surface area contributed by atoms with E-state index in [1.165, 1.54) is 11.8 Å². The summed E-state index contributed by atoms with van der Waals surface area (Å²) in [4.78, 5) is 12.0. The third-order valence-corrected chi connectivity index (χ3v) is 5.07. The van der Waals surface area contributed by atoms with Crippen molar-refractivity contribution in [2.24, 2.45) is 5.73 Å². The fourth-order valence-corrected chi connectivity index (χ4v) is 3.68. The molecule has 0 unspecified atom stereocenters. The van der Waals surface area contributed by atoms with Crippen LogP contribution in [0.15, 0.2) is 22.7 Å². The van der Waals surface area contributed by atoms with Gasteiger partial charge in [0.2, 0.25) is 5.91 Å². The average Bonchev–Trinajstić information content (AvgIpc) is 3.18. The summed E-state index contributed by atoms with van der Waals surface area (Å²) in [6.07, 6.45) is 2.32. The number of nitrogens with two attached hydrogens (primary N) is 1. The second-order valence-corrected chi connectivity index (χ2v) is 6.67. The largest absolute Gasteiger partial charge is 0.376 e. The van der Waals surface area contributed by atoms with Crippen molar-refractivity contribution >= 4 is 29.0 Å². The number of rotatable bonds is 6. The topological polar surface area (TPSA) is 83.0 Å². The van der Waals surface area contributed by atoms with E-state index in [0.717, 1.165) is 30.2 Å². The Hall–Kier alpha value is -1.38. The predicted molar refractivity (Wildman–Crippen MR) is 82.2 cm³/mol. The van der Waals surface area contributed by atoms with Gasteiger partial charge in [-0.3, -0.25) is 9.36 Å². The summed E-state index contributed by atoms with van der Waals surface area (Å²) >= 11 is 2.94. The highest BCUT2D eigenvalue weighted by Gasteiger charge is 2.22. The number of aromatic nitrogens is 3. The predicted octanol–water partition coefficient (Wildman–Crippen LogP) is 1.76. The van der Waals surface area contributed by atoms with Gasteiger partial charge in [0.1, 0.15) is 0 Å². The Bertz CT molecular complexity index is 606. The van der Waals surface area contributed by atoms with Crippen molar-refractivity contribution in [3.63, 3.8) is 0 Å². The van der Waals surface area contributed by atoms with Gasteiger partial charge in [-0.1, -0.05) is 17.8 Å². The number of thiophene rings is 1. The van der Waals surface area contributed by atoms with Crippen LogP contribution in [0.2, 0.25) is 0 Å². The molecular formula is C13H16N4O2S2. The zero-order valence-electron chi connectivity index (χ0n) is 11.4. The monoisotopic (exact) mass is 324 g/mol. The Labute approximate surface area is 130 Å². The molecule has 2 aromatic heterocycles. The zero-order chi connectivity index (χ0) is 14.7. The van der Waals surface area contributed by atoms with Crippen molar-refractivity contribution < 1.29 is 9.53 Å². The number of carbonyl (C=O) groups is 1. The van der Waals surface area contributed by atoms with Gasteiger partial charge in [-0.15, -0.1) is 21.5 Å². The summed E-state index contributed by atoms with van der Waals surface area (Å²) in [5.74, 6) is 0.672. The van der Waals surface area contributed by atoms with E-state index in [2.05, 4.69) is 10.2 Å². The van der Waals surface area contributed by atoms with Gasteiger partial charge in [-0.25, -0.2) is 0 Å². The lowest BCUT2D eigenvalue weighted by atomic mass is 10.2. The van der Waals surface area contributed by atoms with E-state index < -0.39 is 0 Å². The molecule has 2 aromatic rings. The normalized spacial score (nSPS) is 18.2. The first-order valence-electron chi connectivity index (χ1n) is 6.74. The lowest BCUT2D eigenvalue weighted by Gasteiger charge is -2.13. The molecule has 112 valence electrons. The van der Waals surface area contributed by atoms with Crippen LogP contribution in [-0.2, 0) is 16.1 Å². The molecule has 3 rings (SSSR count). The molecule has 1 saturated heterocycles. The Balaban J connectivity index is 1.86. The molecule has 0 aromatic carbocycles. The van der Waals surface area contributed by atoms with Gasteiger partial charge in [-0.2, -0.15) is 0 Å². The van der Waals surface area contributed by atoms with Crippen molar-refractivity contribution in [3.05, 3.63) is 17.5 Å². The molecule has 21 heavy (non-hydrogen) atoms. The van der Waals surface area contributed by atoms with Gasteiger partial charge in [-0.05, 0) is 24.3 Å². The number of amides is 1. The van der Waals surface area contributed by atoms with Crippen LogP contribution < -0.4 is 5.73 Å². The minimum Gasteiger partial charge on any atom is -0.376 e. The van der Waals surface area contributed by atoms with E-state index in [-0.39, 0.29) is 17.8 Å². The number of nitrogens with zero attached hydrogens (tertiary/aromatic N) is 3. The van der Waals surface area contributed by atoms with E-state index in [1.54, 1.807) is 11.3 Å². The summed E-state index contributed by atoms with van der Waals surface area (Å²) < 4.78 is 7.74. The fourth-order valence-electron chi connectivity index (χ4n) is 2.28. The third kappa shape index (κ3) is 3.45. The SMILES string of the molecule is NC(=O)CSc1nnc(-c2cccs2)n1C[C@H]1CCCO1. The van der Waals surface area contributed by atoms with Gasteiger partial charge >= 0.3 is 0 Å². The lowest BCUT2D eigenvalue weighted by molar-refractivity contribution is -0.115. The molecule has 0 radical (unpaired) electrons. The van der Waals surface area contributed by atoms with E-state index in [0.29, 0.717) is 11.7 Å². The molecule has 0 saturated carbocycles. The quantitative estimate of drug-likeness (QED) is 0.819. The molecular weight excluding hydrogens is 308 g/mol. The number of hydrogen-bond acceptors (Lipinski definition) is 6. The van der Waals surface area contributed by atoms with Crippen LogP contribution in [0, 0.1) is 0 Å². The van der Waals surface area contributed by atoms with Crippen molar-refractivity contribution in [2.45, 2.75) is 30.6 Å². The maximum Gasteiger partial charge on any atom is 0.227 e. The summed E-state index contributed by atoms with van der Waals surface area (Å²) in [7, 11) is 0.